The molecule has 3 rings (SSSR count). The van der Waals surface area contributed by atoms with Crippen LogP contribution in [-0.2, 0) is 24.8 Å². The molecular weight excluding hydrogens is 298 g/mol. The molecule has 1 amide bonds. The van der Waals surface area contributed by atoms with Gasteiger partial charge in [0.25, 0.3) is 5.56 Å². The van der Waals surface area contributed by atoms with Gasteiger partial charge in [-0.1, -0.05) is 5.16 Å². The fraction of sp³-hybridized carbons (Fsp3) is 0.467. The number of hydrogen-bond acceptors (Lipinski definition) is 6. The lowest BCUT2D eigenvalue weighted by molar-refractivity contribution is -0.121. The molecule has 1 N–H and O–H groups in total. The number of hydrogen-bond donors (Lipinski definition) is 1. The van der Waals surface area contributed by atoms with Crippen molar-refractivity contribution in [3.63, 3.8) is 0 Å². The van der Waals surface area contributed by atoms with Crippen LogP contribution in [0.2, 0.25) is 0 Å². The molecule has 1 aliphatic rings. The lowest BCUT2D eigenvalue weighted by atomic mass is 10.0. The van der Waals surface area contributed by atoms with Gasteiger partial charge in [-0.25, -0.2) is 4.68 Å². The van der Waals surface area contributed by atoms with E-state index in [1.54, 1.807) is 26.1 Å². The van der Waals surface area contributed by atoms with E-state index in [-0.39, 0.29) is 17.5 Å². The molecule has 0 fully saturated rings. The van der Waals surface area contributed by atoms with Gasteiger partial charge in [0.1, 0.15) is 0 Å². The highest BCUT2D eigenvalue weighted by atomic mass is 16.5. The summed E-state index contributed by atoms with van der Waals surface area (Å²) in [6.45, 7) is 4.86. The molecule has 122 valence electrons. The van der Waals surface area contributed by atoms with Crippen molar-refractivity contribution in [2.45, 2.75) is 32.9 Å². The topological polar surface area (TPSA) is 93.3 Å². The summed E-state index contributed by atoms with van der Waals surface area (Å²) in [5.74, 6) is 0.175. The van der Waals surface area contributed by atoms with Crippen molar-refractivity contribution in [2.24, 2.45) is 7.05 Å². The SMILES string of the molecule is Cc1cc(NC(=O)[C@@H](C)N2CCc3nn(C)c(=O)cc3C2)on1. The van der Waals surface area contributed by atoms with Crippen molar-refractivity contribution < 1.29 is 9.32 Å². The van der Waals surface area contributed by atoms with Gasteiger partial charge in [0.15, 0.2) is 0 Å². The lowest BCUT2D eigenvalue weighted by Gasteiger charge is -2.32. The molecule has 23 heavy (non-hydrogen) atoms. The van der Waals surface area contributed by atoms with Crippen molar-refractivity contribution in [3.8, 4) is 0 Å². The number of aromatic nitrogens is 3. The average Bonchev–Trinajstić information content (AvgIpc) is 2.92. The van der Waals surface area contributed by atoms with Crippen LogP contribution >= 0.6 is 0 Å². The number of nitrogens with one attached hydrogen (secondary N) is 1. The zero-order chi connectivity index (χ0) is 16.6. The molecule has 0 radical (unpaired) electrons. The van der Waals surface area contributed by atoms with Gasteiger partial charge in [0, 0.05) is 38.7 Å². The van der Waals surface area contributed by atoms with E-state index >= 15 is 0 Å². The summed E-state index contributed by atoms with van der Waals surface area (Å²) in [6.07, 6.45) is 0.711. The van der Waals surface area contributed by atoms with Crippen molar-refractivity contribution in [2.75, 3.05) is 11.9 Å². The first kappa shape index (κ1) is 15.4. The van der Waals surface area contributed by atoms with Crippen molar-refractivity contribution in [1.29, 1.82) is 0 Å². The smallest absolute Gasteiger partial charge is 0.266 e. The Morgan fingerprint density at radius 3 is 2.91 bits per heavy atom. The first-order valence-electron chi connectivity index (χ1n) is 7.48. The average molecular weight is 317 g/mol. The van der Waals surface area contributed by atoms with Gasteiger partial charge in [-0.05, 0) is 19.4 Å². The summed E-state index contributed by atoms with van der Waals surface area (Å²) in [4.78, 5) is 26.1. The van der Waals surface area contributed by atoms with Crippen molar-refractivity contribution >= 4 is 11.8 Å². The Bertz CT molecular complexity index is 795. The van der Waals surface area contributed by atoms with Crippen LogP contribution in [-0.4, -0.2) is 38.3 Å². The Morgan fingerprint density at radius 1 is 1.43 bits per heavy atom. The molecule has 0 saturated carbocycles. The van der Waals surface area contributed by atoms with E-state index < -0.39 is 0 Å². The molecule has 0 saturated heterocycles. The quantitative estimate of drug-likeness (QED) is 0.884. The summed E-state index contributed by atoms with van der Waals surface area (Å²) in [5.41, 5.74) is 2.37. The molecule has 3 heterocycles. The third-order valence-electron chi connectivity index (χ3n) is 4.07. The maximum absolute atomic E-state index is 12.3. The summed E-state index contributed by atoms with van der Waals surface area (Å²) in [5, 5.41) is 10.7. The molecule has 1 atom stereocenters. The van der Waals surface area contributed by atoms with Gasteiger partial charge in [-0.15, -0.1) is 0 Å². The maximum atomic E-state index is 12.3. The number of amides is 1. The summed E-state index contributed by atoms with van der Waals surface area (Å²) in [7, 11) is 1.64. The largest absolute Gasteiger partial charge is 0.338 e. The monoisotopic (exact) mass is 317 g/mol. The van der Waals surface area contributed by atoms with Crippen LogP contribution in [0.25, 0.3) is 0 Å². The number of rotatable bonds is 3. The first-order valence-corrected chi connectivity index (χ1v) is 7.48. The molecule has 0 unspecified atom stereocenters. The number of carbonyl (C=O) groups excluding carboxylic acids is 1. The Balaban J connectivity index is 1.71. The van der Waals surface area contributed by atoms with Crippen LogP contribution in [0.4, 0.5) is 5.88 Å². The van der Waals surface area contributed by atoms with Crippen LogP contribution in [0.5, 0.6) is 0 Å². The minimum absolute atomic E-state index is 0.139. The third kappa shape index (κ3) is 3.16. The zero-order valence-electron chi connectivity index (χ0n) is 13.4. The van der Waals surface area contributed by atoms with Gasteiger partial charge < -0.3 is 4.52 Å². The van der Waals surface area contributed by atoms with Gasteiger partial charge >= 0.3 is 0 Å². The van der Waals surface area contributed by atoms with Crippen LogP contribution in [0.3, 0.4) is 0 Å². The highest BCUT2D eigenvalue weighted by Gasteiger charge is 2.27. The van der Waals surface area contributed by atoms with Gasteiger partial charge in [0.2, 0.25) is 11.8 Å². The molecule has 0 aromatic carbocycles. The van der Waals surface area contributed by atoms with Crippen molar-refractivity contribution in [3.05, 3.63) is 39.4 Å². The number of fused-ring (bicyclic) bond motifs is 1. The Kier molecular flexibility index (Phi) is 3.99. The summed E-state index contributed by atoms with van der Waals surface area (Å²) >= 11 is 0. The van der Waals surface area contributed by atoms with Crippen LogP contribution < -0.4 is 10.9 Å². The van der Waals surface area contributed by atoms with Crippen molar-refractivity contribution in [1.82, 2.24) is 19.8 Å². The molecule has 8 nitrogen and oxygen atoms in total. The molecule has 0 spiro atoms. The standard InChI is InChI=1S/C15H19N5O3/c1-9-6-13(23-18-9)16-15(22)10(2)20-5-4-12-11(8-20)7-14(21)19(3)17-12/h6-7,10H,4-5,8H2,1-3H3,(H,16,22)/t10-/m1/s1. The maximum Gasteiger partial charge on any atom is 0.266 e. The molecule has 1 aliphatic heterocycles. The summed E-state index contributed by atoms with van der Waals surface area (Å²) in [6, 6.07) is 2.92. The normalized spacial score (nSPS) is 16.0. The molecule has 2 aromatic heterocycles. The number of aryl methyl sites for hydroxylation is 2. The van der Waals surface area contributed by atoms with Gasteiger partial charge in [0.05, 0.1) is 17.4 Å². The fourth-order valence-corrected chi connectivity index (χ4v) is 2.66. The van der Waals surface area contributed by atoms with E-state index in [2.05, 4.69) is 15.6 Å². The predicted molar refractivity (Wildman–Crippen MR) is 82.9 cm³/mol. The van der Waals surface area contributed by atoms with E-state index in [4.69, 9.17) is 4.52 Å². The molecular formula is C15H19N5O3. The second-order valence-corrected chi connectivity index (χ2v) is 5.80. The first-order chi connectivity index (χ1) is 10.9. The summed E-state index contributed by atoms with van der Waals surface area (Å²) < 4.78 is 6.35. The lowest BCUT2D eigenvalue weighted by Crippen LogP contribution is -2.45. The van der Waals surface area contributed by atoms with Crippen LogP contribution in [0.1, 0.15) is 23.9 Å². The molecule has 8 heteroatoms. The zero-order valence-corrected chi connectivity index (χ0v) is 13.4. The highest BCUT2D eigenvalue weighted by Crippen LogP contribution is 2.18. The predicted octanol–water partition coefficient (Wildman–Crippen LogP) is 0.462. The molecule has 0 aliphatic carbocycles. The van der Waals surface area contributed by atoms with Gasteiger partial charge in [-0.3, -0.25) is 19.8 Å². The Hall–Kier alpha value is -2.48. The fourth-order valence-electron chi connectivity index (χ4n) is 2.66. The highest BCUT2D eigenvalue weighted by molar-refractivity contribution is 5.93. The third-order valence-corrected chi connectivity index (χ3v) is 4.07. The molecule has 0 bridgehead atoms. The number of carbonyl (C=O) groups is 1. The Labute approximate surface area is 133 Å². The Morgan fingerprint density at radius 2 is 2.22 bits per heavy atom. The second kappa shape index (κ2) is 5.96. The van der Waals surface area contributed by atoms with Crippen LogP contribution in [0.15, 0.2) is 21.5 Å². The van der Waals surface area contributed by atoms with E-state index in [1.807, 2.05) is 11.8 Å². The van der Waals surface area contributed by atoms with E-state index in [9.17, 15) is 9.59 Å². The van der Waals surface area contributed by atoms with E-state index in [0.717, 1.165) is 11.3 Å². The number of anilines is 1. The van der Waals surface area contributed by atoms with E-state index in [0.29, 0.717) is 31.1 Å². The minimum Gasteiger partial charge on any atom is -0.338 e. The molecule has 2 aromatic rings. The number of nitrogens with zero attached hydrogens (tertiary/aromatic N) is 4. The minimum atomic E-state index is -0.349. The van der Waals surface area contributed by atoms with Gasteiger partial charge in [-0.2, -0.15) is 5.10 Å². The second-order valence-electron chi connectivity index (χ2n) is 5.80. The van der Waals surface area contributed by atoms with E-state index in [1.165, 1.54) is 4.68 Å². The van der Waals surface area contributed by atoms with Crippen LogP contribution in [0, 0.1) is 6.92 Å².